The Hall–Kier alpha value is -0.220. The van der Waals surface area contributed by atoms with E-state index in [9.17, 15) is 13.9 Å². The first kappa shape index (κ1) is 7.78. The number of hydrogen-bond donors (Lipinski definition) is 1. The first-order valence-electron chi connectivity index (χ1n) is 2.09. The summed E-state index contributed by atoms with van der Waals surface area (Å²) in [6.07, 6.45) is -2.76. The zero-order valence-corrected chi connectivity index (χ0v) is 4.40. The van der Waals surface area contributed by atoms with Gasteiger partial charge in [-0.3, -0.25) is 0 Å². The Morgan fingerprint density at radius 2 is 2.25 bits per heavy atom. The van der Waals surface area contributed by atoms with Crippen molar-refractivity contribution in [1.29, 1.82) is 0 Å². The molecule has 0 heterocycles. The minimum Gasteiger partial charge on any atom is -0.382 e. The highest BCUT2D eigenvalue weighted by Gasteiger charge is 2.31. The molecule has 49 valence electrons. The Kier molecular flexibility index (Phi) is 2.30. The molecular formula is C4H7F2O2. The maximum atomic E-state index is 11.4. The molecule has 0 aromatic heterocycles. The summed E-state index contributed by atoms with van der Waals surface area (Å²) in [5.41, 5.74) is -2.35. The fourth-order valence-electron chi connectivity index (χ4n) is 0.0607. The molecule has 0 aromatic carbocycles. The molecule has 8 heavy (non-hydrogen) atoms. The highest BCUT2D eigenvalue weighted by molar-refractivity contribution is 4.72. The van der Waals surface area contributed by atoms with Crippen molar-refractivity contribution in [2.45, 2.75) is 18.9 Å². The molecular weight excluding hydrogens is 118 g/mol. The van der Waals surface area contributed by atoms with Gasteiger partial charge in [-0.05, 0) is 6.92 Å². The van der Waals surface area contributed by atoms with E-state index in [-0.39, 0.29) is 0 Å². The van der Waals surface area contributed by atoms with E-state index >= 15 is 0 Å². The van der Waals surface area contributed by atoms with Crippen molar-refractivity contribution in [3.63, 3.8) is 0 Å². The molecule has 1 radical (unpaired) electrons. The molecule has 0 rings (SSSR count). The summed E-state index contributed by atoms with van der Waals surface area (Å²) in [6.45, 7) is -0.539. The summed E-state index contributed by atoms with van der Waals surface area (Å²) in [7, 11) is 0. The second kappa shape index (κ2) is 2.37. The normalized spacial score (nSPS) is 22.1. The second-order valence-corrected chi connectivity index (χ2v) is 1.81. The van der Waals surface area contributed by atoms with Crippen LogP contribution in [0.3, 0.4) is 0 Å². The van der Waals surface area contributed by atoms with Gasteiger partial charge in [0.15, 0.2) is 0 Å². The molecule has 2 nitrogen and oxygen atoms in total. The maximum absolute atomic E-state index is 11.4. The SMILES string of the molecule is CC(O)(CF)C([O])F. The van der Waals surface area contributed by atoms with Crippen molar-refractivity contribution in [3.8, 4) is 0 Å². The van der Waals surface area contributed by atoms with Crippen LogP contribution in [-0.4, -0.2) is 23.7 Å². The molecule has 0 aromatic rings. The predicted molar refractivity (Wildman–Crippen MR) is 22.2 cm³/mol. The molecule has 2 unspecified atom stereocenters. The predicted octanol–water partition coefficient (Wildman–Crippen LogP) is 0.433. The lowest BCUT2D eigenvalue weighted by atomic mass is 10.1. The molecule has 0 spiro atoms. The van der Waals surface area contributed by atoms with Crippen LogP contribution in [0, 0.1) is 0 Å². The van der Waals surface area contributed by atoms with Gasteiger partial charge in [0.25, 0.3) is 6.36 Å². The summed E-state index contributed by atoms with van der Waals surface area (Å²) in [4.78, 5) is 0. The van der Waals surface area contributed by atoms with Gasteiger partial charge in [-0.1, -0.05) is 0 Å². The highest BCUT2D eigenvalue weighted by atomic mass is 19.2. The van der Waals surface area contributed by atoms with Crippen molar-refractivity contribution in [1.82, 2.24) is 0 Å². The van der Waals surface area contributed by atoms with Gasteiger partial charge in [-0.15, -0.1) is 0 Å². The first-order chi connectivity index (χ1) is 3.50. The van der Waals surface area contributed by atoms with Crippen molar-refractivity contribution in [2.75, 3.05) is 6.67 Å². The lowest BCUT2D eigenvalue weighted by Gasteiger charge is -2.16. The van der Waals surface area contributed by atoms with Crippen LogP contribution in [-0.2, 0) is 5.11 Å². The quantitative estimate of drug-likeness (QED) is 0.571. The molecule has 0 aliphatic carbocycles. The van der Waals surface area contributed by atoms with Crippen LogP contribution in [0.5, 0.6) is 0 Å². The molecule has 0 aliphatic heterocycles. The molecule has 0 saturated carbocycles. The van der Waals surface area contributed by atoms with Gasteiger partial charge in [-0.2, -0.15) is 5.11 Å². The Labute approximate surface area is 45.8 Å². The minimum atomic E-state index is -2.76. The Morgan fingerprint density at radius 3 is 2.25 bits per heavy atom. The van der Waals surface area contributed by atoms with E-state index in [2.05, 4.69) is 0 Å². The Bertz CT molecular complexity index is 72.4. The average Bonchev–Trinajstić information content (AvgIpc) is 1.67. The number of hydrogen-bond acceptors (Lipinski definition) is 1. The number of aliphatic hydroxyl groups is 1. The van der Waals surface area contributed by atoms with Gasteiger partial charge >= 0.3 is 0 Å². The van der Waals surface area contributed by atoms with Gasteiger partial charge in [0.05, 0.1) is 0 Å². The molecule has 0 saturated heterocycles. The van der Waals surface area contributed by atoms with Crippen molar-refractivity contribution in [2.24, 2.45) is 0 Å². The molecule has 1 N–H and O–H groups in total. The van der Waals surface area contributed by atoms with Gasteiger partial charge in [0.2, 0.25) is 0 Å². The van der Waals surface area contributed by atoms with Gasteiger partial charge < -0.3 is 5.11 Å². The maximum Gasteiger partial charge on any atom is 0.262 e. The van der Waals surface area contributed by atoms with Gasteiger partial charge in [0, 0.05) is 0 Å². The molecule has 0 fully saturated rings. The van der Waals surface area contributed by atoms with E-state index in [4.69, 9.17) is 5.11 Å². The summed E-state index contributed by atoms with van der Waals surface area (Å²) in [5.74, 6) is 0. The van der Waals surface area contributed by atoms with E-state index in [1.807, 2.05) is 0 Å². The van der Waals surface area contributed by atoms with Crippen LogP contribution in [0.15, 0.2) is 0 Å². The number of halogens is 2. The topological polar surface area (TPSA) is 40.1 Å². The summed E-state index contributed by atoms with van der Waals surface area (Å²) in [6, 6.07) is 0. The standard InChI is InChI=1S/C4H7F2O2/c1-4(8,2-5)3(6)7/h3,8H,2H2,1H3. The van der Waals surface area contributed by atoms with E-state index < -0.39 is 18.6 Å². The van der Waals surface area contributed by atoms with Gasteiger partial charge in [0.1, 0.15) is 12.3 Å². The summed E-state index contributed by atoms with van der Waals surface area (Å²) >= 11 is 0. The molecule has 0 amide bonds. The molecule has 4 heteroatoms. The van der Waals surface area contributed by atoms with Crippen LogP contribution < -0.4 is 0 Å². The average molecular weight is 125 g/mol. The minimum absolute atomic E-state index is 0.810. The van der Waals surface area contributed by atoms with E-state index in [1.54, 1.807) is 0 Å². The summed E-state index contributed by atoms with van der Waals surface area (Å²) < 4.78 is 22.8. The largest absolute Gasteiger partial charge is 0.382 e. The number of alkyl halides is 2. The van der Waals surface area contributed by atoms with E-state index in [1.165, 1.54) is 0 Å². The van der Waals surface area contributed by atoms with Gasteiger partial charge in [-0.25, -0.2) is 8.78 Å². The third-order valence-corrected chi connectivity index (χ3v) is 0.759. The second-order valence-electron chi connectivity index (χ2n) is 1.81. The van der Waals surface area contributed by atoms with Crippen LogP contribution in [0.4, 0.5) is 8.78 Å². The first-order valence-corrected chi connectivity index (χ1v) is 2.09. The van der Waals surface area contributed by atoms with Crippen LogP contribution >= 0.6 is 0 Å². The molecule has 0 aliphatic rings. The Morgan fingerprint density at radius 1 is 1.88 bits per heavy atom. The van der Waals surface area contributed by atoms with Crippen molar-refractivity contribution in [3.05, 3.63) is 0 Å². The fraction of sp³-hybridized carbons (Fsp3) is 1.00. The lowest BCUT2D eigenvalue weighted by molar-refractivity contribution is -0.169. The Balaban J connectivity index is 3.71. The fourth-order valence-corrected chi connectivity index (χ4v) is 0.0607. The molecule has 0 bridgehead atoms. The third-order valence-electron chi connectivity index (χ3n) is 0.759. The highest BCUT2D eigenvalue weighted by Crippen LogP contribution is 2.11. The van der Waals surface area contributed by atoms with E-state index in [0.29, 0.717) is 0 Å². The number of rotatable bonds is 2. The van der Waals surface area contributed by atoms with Crippen LogP contribution in [0.25, 0.3) is 0 Å². The van der Waals surface area contributed by atoms with Crippen molar-refractivity contribution < 1.29 is 19.0 Å². The zero-order chi connectivity index (χ0) is 6.78. The third kappa shape index (κ3) is 1.71. The van der Waals surface area contributed by atoms with E-state index in [0.717, 1.165) is 6.92 Å². The lowest BCUT2D eigenvalue weighted by Crippen LogP contribution is -2.37. The van der Waals surface area contributed by atoms with Crippen molar-refractivity contribution >= 4 is 0 Å². The monoisotopic (exact) mass is 125 g/mol. The summed E-state index contributed by atoms with van der Waals surface area (Å²) in [5, 5.41) is 18.0. The van der Waals surface area contributed by atoms with Crippen LogP contribution in [0.1, 0.15) is 6.92 Å². The van der Waals surface area contributed by atoms with Crippen LogP contribution in [0.2, 0.25) is 0 Å². The molecule has 2 atom stereocenters. The smallest absolute Gasteiger partial charge is 0.262 e. The zero-order valence-electron chi connectivity index (χ0n) is 4.40.